The van der Waals surface area contributed by atoms with E-state index in [1.165, 1.54) is 6.20 Å². The zero-order chi connectivity index (χ0) is 16.2. The molecule has 0 saturated heterocycles. The fourth-order valence-electron chi connectivity index (χ4n) is 2.05. The maximum absolute atomic E-state index is 11.8. The predicted molar refractivity (Wildman–Crippen MR) is 82.0 cm³/mol. The molecule has 0 spiro atoms. The molecule has 0 amide bonds. The van der Waals surface area contributed by atoms with E-state index in [-0.39, 0.29) is 5.97 Å². The summed E-state index contributed by atoms with van der Waals surface area (Å²) in [6.45, 7) is 6.34. The average Bonchev–Trinajstić information content (AvgIpc) is 2.86. The molecule has 2 rings (SSSR count). The van der Waals surface area contributed by atoms with E-state index in [0.29, 0.717) is 37.6 Å². The number of carbonyl (C=O) groups excluding carboxylic acids is 1. The Kier molecular flexibility index (Phi) is 5.15. The van der Waals surface area contributed by atoms with Crippen molar-refractivity contribution in [2.75, 3.05) is 19.8 Å². The van der Waals surface area contributed by atoms with Crippen LogP contribution in [0.5, 0.6) is 0 Å². The molecule has 6 nitrogen and oxygen atoms in total. The van der Waals surface area contributed by atoms with Crippen molar-refractivity contribution in [1.82, 2.24) is 9.38 Å². The van der Waals surface area contributed by atoms with Gasteiger partial charge in [-0.1, -0.05) is 0 Å². The van der Waals surface area contributed by atoms with Gasteiger partial charge in [0, 0.05) is 6.20 Å². The summed E-state index contributed by atoms with van der Waals surface area (Å²) < 4.78 is 12.1. The Balaban J connectivity index is 2.01. The van der Waals surface area contributed by atoms with Crippen molar-refractivity contribution in [3.05, 3.63) is 35.8 Å². The fourth-order valence-corrected chi connectivity index (χ4v) is 2.05. The van der Waals surface area contributed by atoms with Gasteiger partial charge in [0.1, 0.15) is 5.65 Å². The van der Waals surface area contributed by atoms with E-state index in [9.17, 15) is 9.90 Å². The highest BCUT2D eigenvalue weighted by molar-refractivity contribution is 5.88. The quantitative estimate of drug-likeness (QED) is 0.624. The maximum atomic E-state index is 11.8. The molecule has 0 aliphatic heterocycles. The van der Waals surface area contributed by atoms with Gasteiger partial charge in [0.2, 0.25) is 0 Å². The Hall–Kier alpha value is -1.92. The highest BCUT2D eigenvalue weighted by atomic mass is 16.5. The standard InChI is InChI=1S/C16H22N2O4/c1-4-22-15(19)13-10-17-14-9-12(5-7-18(13)14)6-8-21-11-16(2,3)20/h5,7,9-10,20H,4,6,8,11H2,1-3H3. The first kappa shape index (κ1) is 16.5. The third-order valence-corrected chi connectivity index (χ3v) is 3.05. The highest BCUT2D eigenvalue weighted by Gasteiger charge is 2.14. The topological polar surface area (TPSA) is 73.1 Å². The maximum Gasteiger partial charge on any atom is 0.356 e. The van der Waals surface area contributed by atoms with Gasteiger partial charge in [-0.05, 0) is 44.9 Å². The molecule has 6 heteroatoms. The summed E-state index contributed by atoms with van der Waals surface area (Å²) in [7, 11) is 0. The molecule has 0 unspecified atom stereocenters. The lowest BCUT2D eigenvalue weighted by Gasteiger charge is -2.16. The first-order chi connectivity index (χ1) is 10.4. The number of carbonyl (C=O) groups is 1. The van der Waals surface area contributed by atoms with Crippen LogP contribution in [0.1, 0.15) is 36.8 Å². The molecule has 0 radical (unpaired) electrons. The summed E-state index contributed by atoms with van der Waals surface area (Å²) in [6.07, 6.45) is 4.04. The second-order valence-electron chi connectivity index (χ2n) is 5.74. The molecular weight excluding hydrogens is 284 g/mol. The minimum Gasteiger partial charge on any atom is -0.461 e. The van der Waals surface area contributed by atoms with Gasteiger partial charge < -0.3 is 14.6 Å². The SMILES string of the molecule is CCOC(=O)c1cnc2cc(CCOCC(C)(C)O)ccn12. The van der Waals surface area contributed by atoms with Gasteiger partial charge in [0.15, 0.2) is 5.69 Å². The number of hydrogen-bond acceptors (Lipinski definition) is 5. The van der Waals surface area contributed by atoms with Crippen molar-refractivity contribution in [3.8, 4) is 0 Å². The van der Waals surface area contributed by atoms with E-state index in [0.717, 1.165) is 5.56 Å². The second-order valence-corrected chi connectivity index (χ2v) is 5.74. The zero-order valence-electron chi connectivity index (χ0n) is 13.2. The Morgan fingerprint density at radius 1 is 1.45 bits per heavy atom. The van der Waals surface area contributed by atoms with Crippen LogP contribution >= 0.6 is 0 Å². The van der Waals surface area contributed by atoms with Gasteiger partial charge in [0.25, 0.3) is 0 Å². The summed E-state index contributed by atoms with van der Waals surface area (Å²) in [5, 5.41) is 9.57. The number of rotatable bonds is 7. The number of hydrogen-bond donors (Lipinski definition) is 1. The van der Waals surface area contributed by atoms with E-state index in [2.05, 4.69) is 4.98 Å². The number of fused-ring (bicyclic) bond motifs is 1. The molecule has 0 bridgehead atoms. The van der Waals surface area contributed by atoms with Crippen LogP contribution in [0.2, 0.25) is 0 Å². The third-order valence-electron chi connectivity index (χ3n) is 3.05. The number of aromatic nitrogens is 2. The summed E-state index contributed by atoms with van der Waals surface area (Å²) >= 11 is 0. The predicted octanol–water partition coefficient (Wildman–Crippen LogP) is 1.84. The molecule has 120 valence electrons. The molecule has 0 saturated carbocycles. The van der Waals surface area contributed by atoms with Gasteiger partial charge in [-0.3, -0.25) is 4.40 Å². The molecule has 0 atom stereocenters. The first-order valence-corrected chi connectivity index (χ1v) is 7.34. The summed E-state index contributed by atoms with van der Waals surface area (Å²) in [5.41, 5.74) is 1.36. The number of esters is 1. The van der Waals surface area contributed by atoms with Crippen LogP contribution in [0.3, 0.4) is 0 Å². The van der Waals surface area contributed by atoms with Crippen molar-refractivity contribution in [1.29, 1.82) is 0 Å². The van der Waals surface area contributed by atoms with Gasteiger partial charge in [-0.15, -0.1) is 0 Å². The molecule has 2 aromatic rings. The van der Waals surface area contributed by atoms with Crippen LogP contribution < -0.4 is 0 Å². The van der Waals surface area contributed by atoms with Crippen molar-refractivity contribution >= 4 is 11.6 Å². The third kappa shape index (κ3) is 4.29. The molecular formula is C16H22N2O4. The van der Waals surface area contributed by atoms with Gasteiger partial charge >= 0.3 is 5.97 Å². The monoisotopic (exact) mass is 306 g/mol. The Labute approximate surface area is 129 Å². The van der Waals surface area contributed by atoms with Crippen molar-refractivity contribution < 1.29 is 19.4 Å². The Morgan fingerprint density at radius 3 is 2.91 bits per heavy atom. The van der Waals surface area contributed by atoms with Crippen LogP contribution in [0.25, 0.3) is 5.65 Å². The van der Waals surface area contributed by atoms with Crippen LogP contribution in [-0.4, -0.2) is 45.9 Å². The second kappa shape index (κ2) is 6.89. The van der Waals surface area contributed by atoms with Crippen LogP contribution in [-0.2, 0) is 15.9 Å². The minimum absolute atomic E-state index is 0.297. The summed E-state index contributed by atoms with van der Waals surface area (Å²) in [4.78, 5) is 16.0. The number of pyridine rings is 1. The minimum atomic E-state index is -0.818. The van der Waals surface area contributed by atoms with Gasteiger partial charge in [0.05, 0.1) is 31.6 Å². The Bertz CT molecular complexity index is 643. The summed E-state index contributed by atoms with van der Waals surface area (Å²) in [5.74, 6) is -0.378. The number of aliphatic hydroxyl groups is 1. The number of ether oxygens (including phenoxy) is 2. The van der Waals surface area contributed by atoms with Crippen LogP contribution in [0.15, 0.2) is 24.5 Å². The van der Waals surface area contributed by atoms with Crippen LogP contribution in [0.4, 0.5) is 0 Å². The molecule has 2 heterocycles. The van der Waals surface area contributed by atoms with E-state index >= 15 is 0 Å². The molecule has 0 aliphatic rings. The smallest absolute Gasteiger partial charge is 0.356 e. The fraction of sp³-hybridized carbons (Fsp3) is 0.500. The lowest BCUT2D eigenvalue weighted by atomic mass is 10.1. The van der Waals surface area contributed by atoms with Crippen molar-refractivity contribution in [2.45, 2.75) is 32.8 Å². The van der Waals surface area contributed by atoms with Crippen molar-refractivity contribution in [2.24, 2.45) is 0 Å². The molecule has 1 N–H and O–H groups in total. The molecule has 0 fully saturated rings. The number of imidazole rings is 1. The first-order valence-electron chi connectivity index (χ1n) is 7.34. The molecule has 0 aromatic carbocycles. The van der Waals surface area contributed by atoms with E-state index < -0.39 is 5.60 Å². The molecule has 2 aromatic heterocycles. The molecule has 22 heavy (non-hydrogen) atoms. The van der Waals surface area contributed by atoms with Crippen molar-refractivity contribution in [3.63, 3.8) is 0 Å². The molecule has 0 aliphatic carbocycles. The average molecular weight is 306 g/mol. The lowest BCUT2D eigenvalue weighted by Crippen LogP contribution is -2.26. The van der Waals surface area contributed by atoms with E-state index in [1.807, 2.05) is 12.1 Å². The largest absolute Gasteiger partial charge is 0.461 e. The highest BCUT2D eigenvalue weighted by Crippen LogP contribution is 2.12. The van der Waals surface area contributed by atoms with Crippen LogP contribution in [0, 0.1) is 0 Å². The zero-order valence-corrected chi connectivity index (χ0v) is 13.2. The van der Waals surface area contributed by atoms with E-state index in [4.69, 9.17) is 9.47 Å². The number of nitrogens with zero attached hydrogens (tertiary/aromatic N) is 2. The van der Waals surface area contributed by atoms with Gasteiger partial charge in [-0.2, -0.15) is 0 Å². The normalized spacial score (nSPS) is 11.8. The van der Waals surface area contributed by atoms with E-state index in [1.54, 1.807) is 31.4 Å². The summed E-state index contributed by atoms with van der Waals surface area (Å²) in [6, 6.07) is 3.83. The van der Waals surface area contributed by atoms with Gasteiger partial charge in [-0.25, -0.2) is 9.78 Å². The lowest BCUT2D eigenvalue weighted by molar-refractivity contribution is -0.0198. The Morgan fingerprint density at radius 2 is 2.23 bits per heavy atom.